The molecule has 1 aromatic rings. The van der Waals surface area contributed by atoms with E-state index in [0.29, 0.717) is 36.2 Å². The van der Waals surface area contributed by atoms with Gasteiger partial charge in [0.15, 0.2) is 0 Å². The van der Waals surface area contributed by atoms with Crippen molar-refractivity contribution in [3.05, 3.63) is 33.8 Å². The number of hydrogen-bond donors (Lipinski definition) is 2. The number of nitrogens with one attached hydrogen (secondary N) is 1. The van der Waals surface area contributed by atoms with Crippen LogP contribution in [0, 0.1) is 0 Å². The molecule has 0 aliphatic rings. The quantitative estimate of drug-likeness (QED) is 0.759. The highest BCUT2D eigenvalue weighted by atomic mass is 35.5. The van der Waals surface area contributed by atoms with Crippen LogP contribution in [-0.4, -0.2) is 37.5 Å². The summed E-state index contributed by atoms with van der Waals surface area (Å²) in [5.41, 5.74) is -0.0232. The molecular formula is C13H19Cl2NO2. The third kappa shape index (κ3) is 5.55. The molecule has 0 spiro atoms. The molecule has 3 nitrogen and oxygen atoms in total. The molecule has 5 heteroatoms. The maximum atomic E-state index is 10.3. The van der Waals surface area contributed by atoms with Gasteiger partial charge in [0.1, 0.15) is 0 Å². The SMILES string of the molecule is COCCNCC(C)(O)Cc1cc(Cl)ccc1Cl. The minimum absolute atomic E-state index is 0.451. The molecule has 0 bridgehead atoms. The monoisotopic (exact) mass is 291 g/mol. The molecular weight excluding hydrogens is 273 g/mol. The van der Waals surface area contributed by atoms with E-state index < -0.39 is 5.60 Å². The van der Waals surface area contributed by atoms with Crippen LogP contribution < -0.4 is 5.32 Å². The van der Waals surface area contributed by atoms with Crippen molar-refractivity contribution in [2.75, 3.05) is 26.8 Å². The molecule has 0 heterocycles. The van der Waals surface area contributed by atoms with Crippen LogP contribution in [0.15, 0.2) is 18.2 Å². The third-order valence-corrected chi connectivity index (χ3v) is 3.17. The Bertz CT molecular complexity index is 383. The van der Waals surface area contributed by atoms with Crippen molar-refractivity contribution in [1.82, 2.24) is 5.32 Å². The Hall–Kier alpha value is -0.320. The van der Waals surface area contributed by atoms with Crippen molar-refractivity contribution in [3.63, 3.8) is 0 Å². The van der Waals surface area contributed by atoms with E-state index in [1.165, 1.54) is 0 Å². The van der Waals surface area contributed by atoms with Crippen LogP contribution in [0.1, 0.15) is 12.5 Å². The van der Waals surface area contributed by atoms with Crippen LogP contribution in [0.3, 0.4) is 0 Å². The second-order valence-corrected chi connectivity index (χ2v) is 5.42. The smallest absolute Gasteiger partial charge is 0.0784 e. The molecule has 0 fully saturated rings. The number of ether oxygens (including phenoxy) is 1. The van der Waals surface area contributed by atoms with E-state index in [2.05, 4.69) is 5.32 Å². The van der Waals surface area contributed by atoms with E-state index in [4.69, 9.17) is 27.9 Å². The maximum Gasteiger partial charge on any atom is 0.0784 e. The van der Waals surface area contributed by atoms with E-state index in [1.54, 1.807) is 32.2 Å². The Morgan fingerprint density at radius 2 is 2.11 bits per heavy atom. The summed E-state index contributed by atoms with van der Waals surface area (Å²) in [6, 6.07) is 5.26. The van der Waals surface area contributed by atoms with Gasteiger partial charge >= 0.3 is 0 Å². The first-order valence-electron chi connectivity index (χ1n) is 5.80. The fourth-order valence-electron chi connectivity index (χ4n) is 1.68. The van der Waals surface area contributed by atoms with Crippen LogP contribution in [-0.2, 0) is 11.2 Å². The summed E-state index contributed by atoms with van der Waals surface area (Å²) < 4.78 is 4.93. The first-order chi connectivity index (χ1) is 8.44. The van der Waals surface area contributed by atoms with Gasteiger partial charge in [0.05, 0.1) is 12.2 Å². The van der Waals surface area contributed by atoms with Crippen LogP contribution in [0.25, 0.3) is 0 Å². The molecule has 1 rings (SSSR count). The number of benzene rings is 1. The molecule has 1 aromatic carbocycles. The van der Waals surface area contributed by atoms with Crippen LogP contribution >= 0.6 is 23.2 Å². The largest absolute Gasteiger partial charge is 0.389 e. The number of methoxy groups -OCH3 is 1. The van der Waals surface area contributed by atoms with Crippen molar-refractivity contribution < 1.29 is 9.84 Å². The zero-order valence-corrected chi connectivity index (χ0v) is 12.2. The lowest BCUT2D eigenvalue weighted by atomic mass is 9.96. The zero-order chi connectivity index (χ0) is 13.6. The van der Waals surface area contributed by atoms with Gasteiger partial charge in [-0.15, -0.1) is 0 Å². The number of hydrogen-bond acceptors (Lipinski definition) is 3. The van der Waals surface area contributed by atoms with Crippen molar-refractivity contribution >= 4 is 23.2 Å². The van der Waals surface area contributed by atoms with Gasteiger partial charge in [-0.1, -0.05) is 23.2 Å². The van der Waals surface area contributed by atoms with Gasteiger partial charge < -0.3 is 15.2 Å². The topological polar surface area (TPSA) is 41.5 Å². The predicted molar refractivity (Wildman–Crippen MR) is 75.5 cm³/mol. The molecule has 0 aromatic heterocycles. The average molecular weight is 292 g/mol. The summed E-state index contributed by atoms with van der Waals surface area (Å²) in [5.74, 6) is 0. The van der Waals surface area contributed by atoms with Crippen molar-refractivity contribution in [1.29, 1.82) is 0 Å². The molecule has 102 valence electrons. The summed E-state index contributed by atoms with van der Waals surface area (Å²) in [6.45, 7) is 3.56. The molecule has 1 atom stereocenters. The zero-order valence-electron chi connectivity index (χ0n) is 10.7. The van der Waals surface area contributed by atoms with E-state index in [1.807, 2.05) is 0 Å². The Labute approximate surface area is 118 Å². The lowest BCUT2D eigenvalue weighted by Gasteiger charge is -2.24. The number of aliphatic hydroxyl groups is 1. The van der Waals surface area contributed by atoms with Gasteiger partial charge in [-0.05, 0) is 30.7 Å². The van der Waals surface area contributed by atoms with Gasteiger partial charge in [-0.3, -0.25) is 0 Å². The molecule has 18 heavy (non-hydrogen) atoms. The van der Waals surface area contributed by atoms with Crippen LogP contribution in [0.4, 0.5) is 0 Å². The first-order valence-corrected chi connectivity index (χ1v) is 6.56. The standard InChI is InChI=1S/C13H19Cl2NO2/c1-13(17,9-16-5-6-18-2)8-10-7-11(14)3-4-12(10)15/h3-4,7,16-17H,5-6,8-9H2,1-2H3. The van der Waals surface area contributed by atoms with Crippen LogP contribution in [0.2, 0.25) is 10.0 Å². The minimum atomic E-state index is -0.873. The summed E-state index contributed by atoms with van der Waals surface area (Å²) >= 11 is 12.0. The van der Waals surface area contributed by atoms with Gasteiger partial charge in [0, 0.05) is 36.7 Å². The van der Waals surface area contributed by atoms with E-state index in [0.717, 1.165) is 5.56 Å². The van der Waals surface area contributed by atoms with Crippen LogP contribution in [0.5, 0.6) is 0 Å². The lowest BCUT2D eigenvalue weighted by molar-refractivity contribution is 0.0581. The molecule has 0 saturated heterocycles. The summed E-state index contributed by atoms with van der Waals surface area (Å²) in [6.07, 6.45) is 0.451. The Balaban J connectivity index is 2.55. The highest BCUT2D eigenvalue weighted by Gasteiger charge is 2.21. The van der Waals surface area contributed by atoms with Gasteiger partial charge in [0.25, 0.3) is 0 Å². The highest BCUT2D eigenvalue weighted by Crippen LogP contribution is 2.24. The summed E-state index contributed by atoms with van der Waals surface area (Å²) in [5, 5.41) is 14.7. The minimum Gasteiger partial charge on any atom is -0.389 e. The Kier molecular flexibility index (Phi) is 6.39. The second-order valence-electron chi connectivity index (χ2n) is 4.58. The van der Waals surface area contributed by atoms with E-state index in [-0.39, 0.29) is 0 Å². The van der Waals surface area contributed by atoms with Gasteiger partial charge in [-0.25, -0.2) is 0 Å². The average Bonchev–Trinajstić information content (AvgIpc) is 2.29. The van der Waals surface area contributed by atoms with Crippen molar-refractivity contribution in [2.45, 2.75) is 18.9 Å². The summed E-state index contributed by atoms with van der Waals surface area (Å²) in [7, 11) is 1.64. The number of halogens is 2. The number of rotatable bonds is 7. The Morgan fingerprint density at radius 1 is 1.39 bits per heavy atom. The fourth-order valence-corrected chi connectivity index (χ4v) is 2.06. The third-order valence-electron chi connectivity index (χ3n) is 2.57. The molecule has 0 radical (unpaired) electrons. The molecule has 2 N–H and O–H groups in total. The fraction of sp³-hybridized carbons (Fsp3) is 0.538. The molecule has 0 amide bonds. The maximum absolute atomic E-state index is 10.3. The van der Waals surface area contributed by atoms with E-state index in [9.17, 15) is 5.11 Å². The van der Waals surface area contributed by atoms with Crippen molar-refractivity contribution in [3.8, 4) is 0 Å². The van der Waals surface area contributed by atoms with Gasteiger partial charge in [-0.2, -0.15) is 0 Å². The van der Waals surface area contributed by atoms with Gasteiger partial charge in [0.2, 0.25) is 0 Å². The molecule has 0 saturated carbocycles. The first kappa shape index (κ1) is 15.7. The summed E-state index contributed by atoms with van der Waals surface area (Å²) in [4.78, 5) is 0. The molecule has 0 aliphatic carbocycles. The highest BCUT2D eigenvalue weighted by molar-refractivity contribution is 6.33. The van der Waals surface area contributed by atoms with Crippen molar-refractivity contribution in [2.24, 2.45) is 0 Å². The normalized spacial score (nSPS) is 14.5. The van der Waals surface area contributed by atoms with E-state index >= 15 is 0 Å². The molecule has 0 aliphatic heterocycles. The molecule has 1 unspecified atom stereocenters. The predicted octanol–water partition coefficient (Wildman–Crippen LogP) is 2.52. The second kappa shape index (κ2) is 7.31. The Morgan fingerprint density at radius 3 is 2.78 bits per heavy atom. The lowest BCUT2D eigenvalue weighted by Crippen LogP contribution is -2.40.